The monoisotopic (exact) mass is 250 g/mol. The standard InChI is InChI=1S/C13H18N2O3/c1-14-8-6-11(7-9-14)10-18-13-5-3-2-4-12(13)15(16)17/h2-5,11H,6-10H2,1H3. The number of nitrogens with zero attached hydrogens (tertiary/aromatic N) is 2. The summed E-state index contributed by atoms with van der Waals surface area (Å²) in [6, 6.07) is 6.55. The Morgan fingerprint density at radius 1 is 1.39 bits per heavy atom. The van der Waals surface area contributed by atoms with E-state index < -0.39 is 4.92 Å². The number of para-hydroxylation sites is 2. The van der Waals surface area contributed by atoms with Gasteiger partial charge < -0.3 is 9.64 Å². The van der Waals surface area contributed by atoms with Gasteiger partial charge in [-0.15, -0.1) is 0 Å². The highest BCUT2D eigenvalue weighted by atomic mass is 16.6. The van der Waals surface area contributed by atoms with E-state index >= 15 is 0 Å². The molecular formula is C13H18N2O3. The lowest BCUT2D eigenvalue weighted by Crippen LogP contribution is -2.32. The van der Waals surface area contributed by atoms with Crippen molar-refractivity contribution in [3.63, 3.8) is 0 Å². The van der Waals surface area contributed by atoms with E-state index in [1.807, 2.05) is 0 Å². The Morgan fingerprint density at radius 2 is 2.06 bits per heavy atom. The Hall–Kier alpha value is -1.62. The fraction of sp³-hybridized carbons (Fsp3) is 0.538. The van der Waals surface area contributed by atoms with Gasteiger partial charge in [0.25, 0.3) is 0 Å². The molecule has 0 bridgehead atoms. The first-order valence-corrected chi connectivity index (χ1v) is 6.21. The SMILES string of the molecule is CN1CCC(COc2ccccc2[N+](=O)[O-])CC1. The molecule has 0 atom stereocenters. The number of ether oxygens (including phenoxy) is 1. The van der Waals surface area contributed by atoms with Gasteiger partial charge in [-0.1, -0.05) is 12.1 Å². The van der Waals surface area contributed by atoms with Gasteiger partial charge >= 0.3 is 5.69 Å². The molecule has 1 aromatic carbocycles. The number of hydrogen-bond acceptors (Lipinski definition) is 4. The molecule has 1 saturated heterocycles. The zero-order chi connectivity index (χ0) is 13.0. The molecule has 1 aromatic rings. The van der Waals surface area contributed by atoms with Crippen molar-refractivity contribution in [3.8, 4) is 5.75 Å². The van der Waals surface area contributed by atoms with E-state index in [-0.39, 0.29) is 5.69 Å². The van der Waals surface area contributed by atoms with Crippen LogP contribution in [0.3, 0.4) is 0 Å². The van der Waals surface area contributed by atoms with E-state index in [0.29, 0.717) is 18.3 Å². The van der Waals surface area contributed by atoms with Crippen LogP contribution in [0, 0.1) is 16.0 Å². The summed E-state index contributed by atoms with van der Waals surface area (Å²) in [6.07, 6.45) is 2.19. The molecule has 5 nitrogen and oxygen atoms in total. The zero-order valence-corrected chi connectivity index (χ0v) is 10.5. The molecule has 1 heterocycles. The topological polar surface area (TPSA) is 55.6 Å². The fourth-order valence-corrected chi connectivity index (χ4v) is 2.17. The molecule has 0 aliphatic carbocycles. The number of piperidine rings is 1. The fourth-order valence-electron chi connectivity index (χ4n) is 2.17. The summed E-state index contributed by atoms with van der Waals surface area (Å²) >= 11 is 0. The molecule has 18 heavy (non-hydrogen) atoms. The van der Waals surface area contributed by atoms with Gasteiger partial charge in [-0.05, 0) is 45.0 Å². The van der Waals surface area contributed by atoms with Crippen LogP contribution in [0.4, 0.5) is 5.69 Å². The second-order valence-corrected chi connectivity index (χ2v) is 4.78. The molecule has 1 fully saturated rings. The number of hydrogen-bond donors (Lipinski definition) is 0. The van der Waals surface area contributed by atoms with Crippen molar-refractivity contribution < 1.29 is 9.66 Å². The number of rotatable bonds is 4. The van der Waals surface area contributed by atoms with E-state index in [9.17, 15) is 10.1 Å². The van der Waals surface area contributed by atoms with Crippen LogP contribution in [0.25, 0.3) is 0 Å². The van der Waals surface area contributed by atoms with Crippen molar-refractivity contribution >= 4 is 5.69 Å². The van der Waals surface area contributed by atoms with E-state index in [4.69, 9.17) is 4.74 Å². The van der Waals surface area contributed by atoms with Crippen molar-refractivity contribution in [2.45, 2.75) is 12.8 Å². The Kier molecular flexibility index (Phi) is 4.15. The van der Waals surface area contributed by atoms with Gasteiger partial charge in [0.05, 0.1) is 11.5 Å². The summed E-state index contributed by atoms with van der Waals surface area (Å²) in [5.74, 6) is 0.877. The van der Waals surface area contributed by atoms with Crippen molar-refractivity contribution in [1.29, 1.82) is 0 Å². The summed E-state index contributed by atoms with van der Waals surface area (Å²) in [7, 11) is 2.11. The molecule has 0 spiro atoms. The molecule has 98 valence electrons. The van der Waals surface area contributed by atoms with Gasteiger partial charge in [-0.2, -0.15) is 0 Å². The van der Waals surface area contributed by atoms with Crippen LogP contribution in [-0.4, -0.2) is 36.6 Å². The normalized spacial score (nSPS) is 17.6. The second-order valence-electron chi connectivity index (χ2n) is 4.78. The van der Waals surface area contributed by atoms with Crippen molar-refractivity contribution in [2.24, 2.45) is 5.92 Å². The highest BCUT2D eigenvalue weighted by molar-refractivity contribution is 5.45. The van der Waals surface area contributed by atoms with Crippen LogP contribution in [0.1, 0.15) is 12.8 Å². The lowest BCUT2D eigenvalue weighted by molar-refractivity contribution is -0.385. The zero-order valence-electron chi connectivity index (χ0n) is 10.5. The molecular weight excluding hydrogens is 232 g/mol. The quantitative estimate of drug-likeness (QED) is 0.608. The largest absolute Gasteiger partial charge is 0.487 e. The Morgan fingerprint density at radius 3 is 2.72 bits per heavy atom. The van der Waals surface area contributed by atoms with Gasteiger partial charge in [-0.3, -0.25) is 10.1 Å². The van der Waals surface area contributed by atoms with Crippen LogP contribution in [-0.2, 0) is 0 Å². The van der Waals surface area contributed by atoms with Crippen LogP contribution in [0.2, 0.25) is 0 Å². The maximum absolute atomic E-state index is 10.8. The van der Waals surface area contributed by atoms with Crippen molar-refractivity contribution in [2.75, 3.05) is 26.7 Å². The van der Waals surface area contributed by atoms with Crippen LogP contribution < -0.4 is 4.74 Å². The summed E-state index contributed by atoms with van der Waals surface area (Å²) in [5, 5.41) is 10.8. The van der Waals surface area contributed by atoms with Crippen molar-refractivity contribution in [1.82, 2.24) is 4.90 Å². The predicted molar refractivity (Wildman–Crippen MR) is 68.8 cm³/mol. The average molecular weight is 250 g/mol. The number of nitro groups is 1. The maximum Gasteiger partial charge on any atom is 0.310 e. The van der Waals surface area contributed by atoms with Gasteiger partial charge in [0.1, 0.15) is 0 Å². The van der Waals surface area contributed by atoms with Gasteiger partial charge in [0.15, 0.2) is 5.75 Å². The van der Waals surface area contributed by atoms with Crippen LogP contribution >= 0.6 is 0 Å². The van der Waals surface area contributed by atoms with E-state index in [1.54, 1.807) is 18.2 Å². The van der Waals surface area contributed by atoms with Gasteiger partial charge in [0.2, 0.25) is 0 Å². The number of benzene rings is 1. The third-order valence-corrected chi connectivity index (χ3v) is 3.37. The molecule has 1 aliphatic rings. The minimum Gasteiger partial charge on any atom is -0.487 e. The smallest absolute Gasteiger partial charge is 0.310 e. The van der Waals surface area contributed by atoms with Crippen LogP contribution in [0.15, 0.2) is 24.3 Å². The minimum absolute atomic E-state index is 0.0467. The lowest BCUT2D eigenvalue weighted by Gasteiger charge is -2.28. The molecule has 2 rings (SSSR count). The first-order valence-electron chi connectivity index (χ1n) is 6.21. The maximum atomic E-state index is 10.8. The minimum atomic E-state index is -0.399. The number of nitro benzene ring substituents is 1. The van der Waals surface area contributed by atoms with Crippen molar-refractivity contribution in [3.05, 3.63) is 34.4 Å². The highest BCUT2D eigenvalue weighted by Crippen LogP contribution is 2.27. The Balaban J connectivity index is 1.92. The third kappa shape index (κ3) is 3.20. The average Bonchev–Trinajstić information content (AvgIpc) is 2.38. The molecule has 1 aliphatic heterocycles. The summed E-state index contributed by atoms with van der Waals surface area (Å²) in [5.41, 5.74) is 0.0467. The lowest BCUT2D eigenvalue weighted by atomic mass is 9.98. The molecule has 0 saturated carbocycles. The van der Waals surface area contributed by atoms with Gasteiger partial charge in [-0.25, -0.2) is 0 Å². The first kappa shape index (κ1) is 12.8. The number of likely N-dealkylation sites (tertiary alicyclic amines) is 1. The molecule has 0 N–H and O–H groups in total. The molecule has 0 aromatic heterocycles. The molecule has 0 unspecified atom stereocenters. The van der Waals surface area contributed by atoms with E-state index in [2.05, 4.69) is 11.9 Å². The van der Waals surface area contributed by atoms with Gasteiger partial charge in [0, 0.05) is 6.07 Å². The summed E-state index contributed by atoms with van der Waals surface area (Å²) in [6.45, 7) is 2.72. The first-order chi connectivity index (χ1) is 8.66. The van der Waals surface area contributed by atoms with Crippen LogP contribution in [0.5, 0.6) is 5.75 Å². The second kappa shape index (κ2) is 5.82. The predicted octanol–water partition coefficient (Wildman–Crippen LogP) is 2.32. The molecule has 0 amide bonds. The molecule has 5 heteroatoms. The van der Waals surface area contributed by atoms with E-state index in [0.717, 1.165) is 25.9 Å². The van der Waals surface area contributed by atoms with E-state index in [1.165, 1.54) is 6.07 Å². The third-order valence-electron chi connectivity index (χ3n) is 3.37. The highest BCUT2D eigenvalue weighted by Gasteiger charge is 2.19. The Bertz CT molecular complexity index is 414. The molecule has 0 radical (unpaired) electrons. The Labute approximate surface area is 107 Å². The summed E-state index contributed by atoms with van der Waals surface area (Å²) < 4.78 is 5.61. The summed E-state index contributed by atoms with van der Waals surface area (Å²) in [4.78, 5) is 12.7.